The fourth-order valence-electron chi connectivity index (χ4n) is 1.13. The minimum Gasteiger partial charge on any atom is -0.0885 e. The van der Waals surface area contributed by atoms with Crippen LogP contribution in [0.4, 0.5) is 0 Å². The van der Waals surface area contributed by atoms with Crippen LogP contribution in [0.1, 0.15) is 33.1 Å². The van der Waals surface area contributed by atoms with Crippen LogP contribution in [0, 0.1) is 11.8 Å². The highest BCUT2D eigenvalue weighted by atomic mass is 14.3. The standard InChI is InChI=1S/C9H16/c1-3-4-5-8(2)9-6-7-9/h4-5,8-9H,3,6-7H2,1-2H3/b5-4-. The Bertz CT molecular complexity index is 98.6. The lowest BCUT2D eigenvalue weighted by Crippen LogP contribution is -1.89. The summed E-state index contributed by atoms with van der Waals surface area (Å²) in [5.74, 6) is 1.89. The summed E-state index contributed by atoms with van der Waals surface area (Å²) in [6.45, 7) is 4.51. The molecule has 52 valence electrons. The second-order valence-electron chi connectivity index (χ2n) is 3.03. The van der Waals surface area contributed by atoms with E-state index in [1.807, 2.05) is 0 Å². The molecule has 1 saturated carbocycles. The second kappa shape index (κ2) is 3.05. The number of hydrogen-bond donors (Lipinski definition) is 0. The van der Waals surface area contributed by atoms with Crippen LogP contribution < -0.4 is 0 Å². The average Bonchev–Trinajstić information content (AvgIpc) is 2.63. The maximum atomic E-state index is 2.36. The van der Waals surface area contributed by atoms with Crippen LogP contribution in [-0.2, 0) is 0 Å². The molecule has 1 atom stereocenters. The Kier molecular flexibility index (Phi) is 2.32. The van der Waals surface area contributed by atoms with Gasteiger partial charge in [0, 0.05) is 0 Å². The second-order valence-corrected chi connectivity index (χ2v) is 3.03. The molecule has 1 unspecified atom stereocenters. The molecular formula is C9H16. The van der Waals surface area contributed by atoms with Gasteiger partial charge >= 0.3 is 0 Å². The molecule has 0 aliphatic heterocycles. The molecule has 1 fully saturated rings. The SMILES string of the molecule is CC/C=C\C(C)C1CC1. The van der Waals surface area contributed by atoms with Gasteiger partial charge in [0.15, 0.2) is 0 Å². The molecule has 0 heteroatoms. The topological polar surface area (TPSA) is 0 Å². The van der Waals surface area contributed by atoms with Gasteiger partial charge in [-0.25, -0.2) is 0 Å². The van der Waals surface area contributed by atoms with Crippen molar-refractivity contribution in [2.24, 2.45) is 11.8 Å². The summed E-state index contributed by atoms with van der Waals surface area (Å²) < 4.78 is 0. The molecule has 0 N–H and O–H groups in total. The van der Waals surface area contributed by atoms with Crippen molar-refractivity contribution in [3.8, 4) is 0 Å². The zero-order chi connectivity index (χ0) is 6.69. The normalized spacial score (nSPS) is 22.9. The smallest absolute Gasteiger partial charge is 0.0234 e. The molecule has 0 saturated heterocycles. The van der Waals surface area contributed by atoms with E-state index in [9.17, 15) is 0 Å². The average molecular weight is 124 g/mol. The van der Waals surface area contributed by atoms with Crippen LogP contribution in [0.3, 0.4) is 0 Å². The van der Waals surface area contributed by atoms with Gasteiger partial charge in [0.2, 0.25) is 0 Å². The Morgan fingerprint density at radius 1 is 1.56 bits per heavy atom. The molecule has 0 nitrogen and oxygen atoms in total. The van der Waals surface area contributed by atoms with Crippen molar-refractivity contribution in [2.45, 2.75) is 33.1 Å². The van der Waals surface area contributed by atoms with E-state index in [1.165, 1.54) is 19.3 Å². The predicted molar refractivity (Wildman–Crippen MR) is 41.3 cm³/mol. The Morgan fingerprint density at radius 2 is 2.22 bits per heavy atom. The van der Waals surface area contributed by atoms with Gasteiger partial charge in [-0.15, -0.1) is 0 Å². The van der Waals surface area contributed by atoms with Gasteiger partial charge < -0.3 is 0 Å². The Hall–Kier alpha value is -0.260. The molecule has 9 heavy (non-hydrogen) atoms. The predicted octanol–water partition coefficient (Wildman–Crippen LogP) is 3.00. The largest absolute Gasteiger partial charge is 0.0885 e. The van der Waals surface area contributed by atoms with Gasteiger partial charge in [0.1, 0.15) is 0 Å². The lowest BCUT2D eigenvalue weighted by Gasteiger charge is -1.99. The molecule has 0 amide bonds. The maximum absolute atomic E-state index is 2.36. The Balaban J connectivity index is 2.16. The quantitative estimate of drug-likeness (QED) is 0.507. The summed E-state index contributed by atoms with van der Waals surface area (Å²) in [6.07, 6.45) is 8.77. The summed E-state index contributed by atoms with van der Waals surface area (Å²) in [4.78, 5) is 0. The van der Waals surface area contributed by atoms with Crippen molar-refractivity contribution in [1.29, 1.82) is 0 Å². The molecule has 0 radical (unpaired) electrons. The van der Waals surface area contributed by atoms with Gasteiger partial charge in [0.05, 0.1) is 0 Å². The Morgan fingerprint density at radius 3 is 2.67 bits per heavy atom. The van der Waals surface area contributed by atoms with Crippen molar-refractivity contribution in [3.63, 3.8) is 0 Å². The van der Waals surface area contributed by atoms with E-state index in [4.69, 9.17) is 0 Å². The van der Waals surface area contributed by atoms with E-state index in [0.717, 1.165) is 11.8 Å². The summed E-state index contributed by atoms with van der Waals surface area (Å²) in [5, 5.41) is 0. The van der Waals surface area contributed by atoms with E-state index in [1.54, 1.807) is 0 Å². The molecule has 0 heterocycles. The fraction of sp³-hybridized carbons (Fsp3) is 0.778. The van der Waals surface area contributed by atoms with Gasteiger partial charge in [-0.05, 0) is 31.1 Å². The van der Waals surface area contributed by atoms with Crippen molar-refractivity contribution in [1.82, 2.24) is 0 Å². The third-order valence-electron chi connectivity index (χ3n) is 2.04. The first-order chi connectivity index (χ1) is 4.34. The fourth-order valence-corrected chi connectivity index (χ4v) is 1.13. The minimum atomic E-state index is 0.852. The van der Waals surface area contributed by atoms with E-state index in [-0.39, 0.29) is 0 Å². The van der Waals surface area contributed by atoms with E-state index < -0.39 is 0 Å². The van der Waals surface area contributed by atoms with Crippen LogP contribution in [0.15, 0.2) is 12.2 Å². The summed E-state index contributed by atoms with van der Waals surface area (Å²) in [6, 6.07) is 0. The molecule has 0 aromatic rings. The number of allylic oxidation sites excluding steroid dienone is 2. The monoisotopic (exact) mass is 124 g/mol. The molecule has 0 spiro atoms. The molecule has 0 aromatic heterocycles. The molecule has 1 rings (SSSR count). The van der Waals surface area contributed by atoms with Crippen LogP contribution in [0.2, 0.25) is 0 Å². The first-order valence-electron chi connectivity index (χ1n) is 4.01. The summed E-state index contributed by atoms with van der Waals surface area (Å²) in [7, 11) is 0. The zero-order valence-corrected chi connectivity index (χ0v) is 6.43. The first kappa shape index (κ1) is 6.85. The third-order valence-corrected chi connectivity index (χ3v) is 2.04. The minimum absolute atomic E-state index is 0.852. The molecule has 1 aliphatic rings. The maximum Gasteiger partial charge on any atom is -0.0234 e. The first-order valence-corrected chi connectivity index (χ1v) is 4.01. The third kappa shape index (κ3) is 2.21. The highest BCUT2D eigenvalue weighted by molar-refractivity contribution is 4.93. The van der Waals surface area contributed by atoms with E-state index in [2.05, 4.69) is 26.0 Å². The molecular weight excluding hydrogens is 108 g/mol. The van der Waals surface area contributed by atoms with Gasteiger partial charge in [-0.1, -0.05) is 26.0 Å². The lowest BCUT2D eigenvalue weighted by molar-refractivity contribution is 0.626. The van der Waals surface area contributed by atoms with E-state index in [0.29, 0.717) is 0 Å². The van der Waals surface area contributed by atoms with Crippen LogP contribution in [0.25, 0.3) is 0 Å². The highest BCUT2D eigenvalue weighted by Gasteiger charge is 2.25. The van der Waals surface area contributed by atoms with Crippen LogP contribution >= 0.6 is 0 Å². The van der Waals surface area contributed by atoms with Crippen LogP contribution in [-0.4, -0.2) is 0 Å². The van der Waals surface area contributed by atoms with Gasteiger partial charge in [-0.3, -0.25) is 0 Å². The van der Waals surface area contributed by atoms with Gasteiger partial charge in [-0.2, -0.15) is 0 Å². The van der Waals surface area contributed by atoms with Crippen molar-refractivity contribution >= 4 is 0 Å². The summed E-state index contributed by atoms with van der Waals surface area (Å²) >= 11 is 0. The molecule has 1 aliphatic carbocycles. The van der Waals surface area contributed by atoms with Crippen molar-refractivity contribution < 1.29 is 0 Å². The zero-order valence-electron chi connectivity index (χ0n) is 6.43. The van der Waals surface area contributed by atoms with Crippen LogP contribution in [0.5, 0.6) is 0 Å². The van der Waals surface area contributed by atoms with Crippen molar-refractivity contribution in [3.05, 3.63) is 12.2 Å². The number of rotatable bonds is 3. The van der Waals surface area contributed by atoms with Gasteiger partial charge in [0.25, 0.3) is 0 Å². The molecule has 0 aromatic carbocycles. The number of hydrogen-bond acceptors (Lipinski definition) is 0. The van der Waals surface area contributed by atoms with E-state index >= 15 is 0 Å². The lowest BCUT2D eigenvalue weighted by atomic mass is 10.1. The Labute approximate surface area is 58.0 Å². The summed E-state index contributed by atoms with van der Waals surface area (Å²) in [5.41, 5.74) is 0. The highest BCUT2D eigenvalue weighted by Crippen LogP contribution is 2.37. The van der Waals surface area contributed by atoms with Crippen molar-refractivity contribution in [2.75, 3.05) is 0 Å². The molecule has 0 bridgehead atoms.